The van der Waals surface area contributed by atoms with E-state index in [0.29, 0.717) is 86.1 Å². The van der Waals surface area contributed by atoms with Gasteiger partial charge < -0.3 is 51.7 Å². The summed E-state index contributed by atoms with van der Waals surface area (Å²) in [7, 11) is 0. The first-order valence-corrected chi connectivity index (χ1v) is 44.1. The third kappa shape index (κ3) is 27.6. The van der Waals surface area contributed by atoms with Gasteiger partial charge in [-0.2, -0.15) is 52.7 Å². The number of aromatic nitrogens is 7. The van der Waals surface area contributed by atoms with E-state index in [1.54, 1.807) is 37.8 Å². The summed E-state index contributed by atoms with van der Waals surface area (Å²) in [6, 6.07) is 21.4. The summed E-state index contributed by atoms with van der Waals surface area (Å²) < 4.78 is 219. The Morgan fingerprint density at radius 2 is 0.866 bits per heavy atom. The van der Waals surface area contributed by atoms with Gasteiger partial charge in [-0.1, -0.05) is 148 Å². The lowest BCUT2D eigenvalue weighted by Gasteiger charge is -2.30. The Balaban J connectivity index is 0.000000185. The van der Waals surface area contributed by atoms with E-state index in [-0.39, 0.29) is 134 Å². The van der Waals surface area contributed by atoms with E-state index in [4.69, 9.17) is 17.3 Å². The summed E-state index contributed by atoms with van der Waals surface area (Å²) in [5.41, 5.74) is 5.80. The second-order valence-electron chi connectivity index (χ2n) is 38.1. The molecule has 4 saturated heterocycles. The normalized spacial score (nSPS) is 18.7. The Morgan fingerprint density at radius 3 is 1.31 bits per heavy atom. The van der Waals surface area contributed by atoms with E-state index in [0.717, 1.165) is 62.6 Å². The molecule has 0 radical (unpaired) electrons. The fourth-order valence-corrected chi connectivity index (χ4v) is 17.2. The minimum Gasteiger partial charge on any atom is -0.480 e. The molecular weight excluding hydrogens is 1800 g/mol. The topological polar surface area (TPSA) is 266 Å². The third-order valence-corrected chi connectivity index (χ3v) is 23.7. The van der Waals surface area contributed by atoms with Gasteiger partial charge in [-0.15, -0.1) is 0 Å². The number of halogens is 17. The third-order valence-electron chi connectivity index (χ3n) is 23.4. The number of nitrogens with zero attached hydrogens (tertiary/aromatic N) is 11. The number of primary amides is 1. The fourth-order valence-electron chi connectivity index (χ4n) is 16.8. The van der Waals surface area contributed by atoms with Crippen molar-refractivity contribution in [2.24, 2.45) is 33.8 Å². The van der Waals surface area contributed by atoms with E-state index in [2.05, 4.69) is 56.2 Å². The molecule has 10 atom stereocenters. The van der Waals surface area contributed by atoms with Crippen LogP contribution in [0.15, 0.2) is 147 Å². The van der Waals surface area contributed by atoms with Gasteiger partial charge in [-0.05, 0) is 195 Å². The highest BCUT2D eigenvalue weighted by molar-refractivity contribution is 6.31. The van der Waals surface area contributed by atoms with Crippen molar-refractivity contribution >= 4 is 81.5 Å². The quantitative estimate of drug-likeness (QED) is 0.0275. The molecule has 724 valence electrons. The second-order valence-corrected chi connectivity index (χ2v) is 38.5. The Labute approximate surface area is 772 Å². The van der Waals surface area contributed by atoms with E-state index in [1.165, 1.54) is 106 Å². The molecule has 4 aromatic heterocycles. The lowest BCUT2D eigenvalue weighted by atomic mass is 9.87. The van der Waals surface area contributed by atoms with Gasteiger partial charge in [-0.3, -0.25) is 14.4 Å². The number of ketones is 2. The summed E-state index contributed by atoms with van der Waals surface area (Å²) in [4.78, 5) is 83.4. The maximum absolute atomic E-state index is 15.6. The van der Waals surface area contributed by atoms with Crippen molar-refractivity contribution in [1.29, 1.82) is 0 Å². The van der Waals surface area contributed by atoms with Gasteiger partial charge in [0, 0.05) is 49.9 Å². The van der Waals surface area contributed by atoms with Gasteiger partial charge in [0.2, 0.25) is 23.4 Å². The Bertz CT molecular complexity index is 5520. The molecule has 0 bridgehead atoms. The molecule has 38 heteroatoms. The molecule has 4 fully saturated rings. The Hall–Kier alpha value is -11.7. The standard InChI is InChI=1S/C26H25F5N4O.C24H30F4N4O.C23H28ClF3N4O2.C23H28F4N4O/c1-15-11-22(18-5-7-19(8-6-18)26(29,30)31)35(13-15)25-23(28)24(32-14-33-25)34-21(16(2)36)12-17-3-9-20(27)10-4-17;1-14-10-11-32(20(14)16-6-8-17(9-7-16)24(26,27)28)22-19(25)21(29-13-30-22)31-18(15(2)33)12-23(3,4)5;1-22(2,3)11-16(21(32)33)30-19-18(25)20(29-12-28-19)31-9-5-6-17(31)14-8-7-13(10-15(14)24)23(4,26)27;1-22(2,3)13-17(20(28)32)30-16-10-11-29-21(19(16)24)31-12-4-5-18(31)14-6-8-15(9-7-14)23(25,26)27/h3-10,14-15,21-22H,11-13H2,1-2H3,(H,32,33,34);6-9,13-14,18,20H,10-12H2,1-5H3,(H,29,30,31);7-8,10,12,16-17H,5-6,9,11H2,1-4H3,(H,32,33)(H,28,29,30);6-11,17-18H,4-5,12-13H2,1-3H3,(H2,28,32)(H,29,30). The van der Waals surface area contributed by atoms with Crippen molar-refractivity contribution in [2.75, 3.05) is 67.0 Å². The number of pyridine rings is 1. The Morgan fingerprint density at radius 1 is 0.455 bits per heavy atom. The molecule has 10 unspecified atom stereocenters. The van der Waals surface area contributed by atoms with Crippen molar-refractivity contribution in [3.05, 3.63) is 231 Å². The molecule has 4 aliphatic heterocycles. The molecule has 0 spiro atoms. The Kier molecular flexibility index (Phi) is 33.4. The first-order valence-electron chi connectivity index (χ1n) is 43.7. The number of nitrogens with two attached hydrogens (primary N) is 1. The van der Waals surface area contributed by atoms with E-state index in [1.807, 2.05) is 76.2 Å². The highest BCUT2D eigenvalue weighted by Gasteiger charge is 2.42. The van der Waals surface area contributed by atoms with Gasteiger partial charge in [0.1, 0.15) is 36.9 Å². The molecule has 134 heavy (non-hydrogen) atoms. The van der Waals surface area contributed by atoms with Crippen LogP contribution in [0, 0.1) is 57.2 Å². The zero-order chi connectivity index (χ0) is 98.8. The number of alkyl halides is 11. The predicted octanol–water partition coefficient (Wildman–Crippen LogP) is 23.3. The number of carbonyl (C=O) groups excluding carboxylic acids is 3. The van der Waals surface area contributed by atoms with Gasteiger partial charge >= 0.3 is 24.5 Å². The minimum absolute atomic E-state index is 0.00540. The molecule has 1 amide bonds. The van der Waals surface area contributed by atoms with Crippen molar-refractivity contribution in [1.82, 2.24) is 34.9 Å². The number of hydrogen-bond donors (Lipinski definition) is 6. The number of benzene rings is 5. The van der Waals surface area contributed by atoms with Gasteiger partial charge in [0.05, 0.1) is 58.6 Å². The number of hydrogen-bond acceptors (Lipinski definition) is 19. The average Bonchev–Trinajstić information content (AvgIpc) is 1.64. The maximum Gasteiger partial charge on any atom is 0.416 e. The second kappa shape index (κ2) is 42.9. The van der Waals surface area contributed by atoms with Crippen molar-refractivity contribution < 1.29 is 94.5 Å². The van der Waals surface area contributed by atoms with Crippen molar-refractivity contribution in [3.63, 3.8) is 0 Å². The molecule has 4 aliphatic rings. The monoisotopic (exact) mass is 1910 g/mol. The van der Waals surface area contributed by atoms with Crippen LogP contribution in [-0.2, 0) is 50.1 Å². The zero-order valence-electron chi connectivity index (χ0n) is 76.5. The van der Waals surface area contributed by atoms with Crippen LogP contribution >= 0.6 is 11.6 Å². The number of rotatable bonds is 26. The predicted molar refractivity (Wildman–Crippen MR) is 482 cm³/mol. The van der Waals surface area contributed by atoms with Gasteiger partial charge in [0.15, 0.2) is 58.1 Å². The van der Waals surface area contributed by atoms with Crippen molar-refractivity contribution in [2.45, 2.75) is 234 Å². The smallest absolute Gasteiger partial charge is 0.416 e. The summed E-state index contributed by atoms with van der Waals surface area (Å²) in [6.45, 7) is 27.0. The number of anilines is 8. The van der Waals surface area contributed by atoms with E-state index >= 15 is 17.6 Å². The zero-order valence-corrected chi connectivity index (χ0v) is 77.3. The number of carbonyl (C=O) groups is 4. The maximum atomic E-state index is 15.6. The van der Waals surface area contributed by atoms with Gasteiger partial charge in [-0.25, -0.2) is 57.2 Å². The van der Waals surface area contributed by atoms with Crippen LogP contribution in [-0.4, -0.2) is 114 Å². The van der Waals surface area contributed by atoms with Crippen LogP contribution in [0.25, 0.3) is 0 Å². The summed E-state index contributed by atoms with van der Waals surface area (Å²) in [5.74, 6) is -8.32. The largest absolute Gasteiger partial charge is 0.480 e. The lowest BCUT2D eigenvalue weighted by Crippen LogP contribution is -2.38. The average molecular weight is 1910 g/mol. The number of Topliss-reactive ketones (excluding diaryl/α,β-unsaturated/α-hetero) is 2. The highest BCUT2D eigenvalue weighted by Crippen LogP contribution is 2.48. The minimum atomic E-state index is -4.44. The molecule has 5 aromatic carbocycles. The number of aliphatic carboxylic acids is 1. The lowest BCUT2D eigenvalue weighted by molar-refractivity contribution is -0.139. The molecular formula is C96H111ClF16N16O5. The van der Waals surface area contributed by atoms with Crippen LogP contribution in [0.1, 0.15) is 229 Å². The van der Waals surface area contributed by atoms with Gasteiger partial charge in [0.25, 0.3) is 5.92 Å². The van der Waals surface area contributed by atoms with E-state index in [9.17, 15) is 77.0 Å². The summed E-state index contributed by atoms with van der Waals surface area (Å²) >= 11 is 6.34. The summed E-state index contributed by atoms with van der Waals surface area (Å²) in [5, 5.41) is 21.1. The van der Waals surface area contributed by atoms with Crippen LogP contribution in [0.5, 0.6) is 0 Å². The van der Waals surface area contributed by atoms with E-state index < -0.39 is 106 Å². The highest BCUT2D eigenvalue weighted by atomic mass is 35.5. The van der Waals surface area contributed by atoms with Crippen LogP contribution in [0.4, 0.5) is 117 Å². The first-order chi connectivity index (χ1) is 62.4. The fraction of sp³-hybridized carbons (Fsp3) is 0.469. The molecule has 0 aliphatic carbocycles. The van der Waals surface area contributed by atoms with Crippen LogP contribution in [0.3, 0.4) is 0 Å². The number of nitrogens with one attached hydrogen (secondary N) is 4. The number of carboxylic acids is 1. The molecule has 0 saturated carbocycles. The molecule has 7 N–H and O–H groups in total. The SMILES string of the molecule is CC(=O)C(CC(C)(C)C)Nc1ncnc(N2CCC(C)C2c2ccc(C(F)(F)F)cc2)c1F.CC(=O)C(Cc1ccc(F)cc1)Nc1ncnc(N2CC(C)CC2c2ccc(C(F)(F)F)cc2)c1F.CC(C)(C)CC(Nc1ccnc(N2CCCC2c2ccc(C(F)(F)F)cc2)c1F)C(N)=O.CC(C)(C)CC(Nc1ncnc(N2CCCC2c2ccc(C(C)(F)F)cc2Cl)c1F)C(=O)O. The van der Waals surface area contributed by atoms with Crippen LogP contribution < -0.4 is 46.6 Å². The molecule has 13 rings (SSSR count). The number of amides is 1. The summed E-state index contributed by atoms with van der Waals surface area (Å²) in [6.07, 6.45) is -2.75. The number of carboxylic acid groups (broad SMARTS) is 1. The van der Waals surface area contributed by atoms with Crippen molar-refractivity contribution in [3.8, 4) is 0 Å². The molecule has 9 aromatic rings. The molecule has 8 heterocycles. The van der Waals surface area contributed by atoms with Crippen LogP contribution in [0.2, 0.25) is 5.02 Å². The molecule has 21 nitrogen and oxygen atoms in total. The first kappa shape index (κ1) is 104.